The number of carboxylic acids is 1. The van der Waals surface area contributed by atoms with Crippen molar-refractivity contribution in [3.8, 4) is 6.07 Å². The molecule has 0 radical (unpaired) electrons. The van der Waals surface area contributed by atoms with Crippen molar-refractivity contribution >= 4 is 28.1 Å². The number of anilines is 1. The van der Waals surface area contributed by atoms with E-state index in [2.05, 4.69) is 15.0 Å². The third kappa shape index (κ3) is 4.16. The Morgan fingerprint density at radius 1 is 1.81 bits per heavy atom. The Labute approximate surface area is 117 Å². The van der Waals surface area contributed by atoms with Crippen LogP contribution >= 0.6 is 11.3 Å². The Kier molecular flexibility index (Phi) is 6.67. The van der Waals surface area contributed by atoms with Crippen LogP contribution in [-0.2, 0) is 9.63 Å². The first-order chi connectivity index (χ1) is 7.15. The van der Waals surface area contributed by atoms with Crippen molar-refractivity contribution in [3.63, 3.8) is 0 Å². The van der Waals surface area contributed by atoms with Gasteiger partial charge in [0.25, 0.3) is 0 Å². The van der Waals surface area contributed by atoms with E-state index in [4.69, 9.17) is 11.0 Å². The van der Waals surface area contributed by atoms with E-state index in [0.29, 0.717) is 0 Å². The third-order valence-corrected chi connectivity index (χ3v) is 1.92. The average Bonchev–Trinajstić information content (AvgIpc) is 2.59. The molecule has 7 nitrogen and oxygen atoms in total. The summed E-state index contributed by atoms with van der Waals surface area (Å²) in [6.45, 7) is -0.351. The molecular weight excluding hydrogens is 243 g/mol. The summed E-state index contributed by atoms with van der Waals surface area (Å²) in [7, 11) is 0. The van der Waals surface area contributed by atoms with E-state index >= 15 is 0 Å². The zero-order chi connectivity index (χ0) is 11.3. The van der Waals surface area contributed by atoms with Gasteiger partial charge in [0.1, 0.15) is 11.8 Å². The van der Waals surface area contributed by atoms with Crippen molar-refractivity contribution in [2.75, 3.05) is 12.3 Å². The minimum absolute atomic E-state index is 0. The normalized spacial score (nSPS) is 10.1. The van der Waals surface area contributed by atoms with Crippen LogP contribution in [-0.4, -0.2) is 23.3 Å². The molecule has 0 amide bonds. The molecule has 0 saturated heterocycles. The van der Waals surface area contributed by atoms with E-state index in [0.717, 1.165) is 11.3 Å². The zero-order valence-corrected chi connectivity index (χ0v) is 11.2. The molecule has 78 valence electrons. The number of nitrogens with two attached hydrogens (primary N) is 1. The van der Waals surface area contributed by atoms with Crippen LogP contribution in [0.2, 0.25) is 0 Å². The quantitative estimate of drug-likeness (QED) is 0.249. The summed E-state index contributed by atoms with van der Waals surface area (Å²) in [5, 5.41) is 23.6. The van der Waals surface area contributed by atoms with Gasteiger partial charge < -0.3 is 20.5 Å². The van der Waals surface area contributed by atoms with Crippen LogP contribution in [0.25, 0.3) is 0 Å². The van der Waals surface area contributed by atoms with Crippen LogP contribution in [0.5, 0.6) is 0 Å². The van der Waals surface area contributed by atoms with Gasteiger partial charge in [-0.05, 0) is 0 Å². The standard InChI is InChI=1S/C7H6N4O3S.Na/c8-1-2-14-11-5(6(12)13)4-3-15-7(9)10-4;/h3H,2H2,(H2,9,10)(H,12,13);/q;+1/p-1/b11-5+;. The molecule has 9 heteroatoms. The monoisotopic (exact) mass is 248 g/mol. The Bertz CT molecular complexity index is 439. The predicted molar refractivity (Wildman–Crippen MR) is 49.6 cm³/mol. The van der Waals surface area contributed by atoms with E-state index in [-0.39, 0.29) is 47.0 Å². The molecule has 0 fully saturated rings. The van der Waals surface area contributed by atoms with E-state index < -0.39 is 11.7 Å². The summed E-state index contributed by atoms with van der Waals surface area (Å²) in [5.74, 6) is -1.54. The second-order valence-corrected chi connectivity index (χ2v) is 3.12. The van der Waals surface area contributed by atoms with Crippen molar-refractivity contribution < 1.29 is 44.3 Å². The third-order valence-electron chi connectivity index (χ3n) is 1.24. The number of aromatic nitrogens is 1. The van der Waals surface area contributed by atoms with Crippen LogP contribution in [0.1, 0.15) is 5.69 Å². The van der Waals surface area contributed by atoms with E-state index in [1.165, 1.54) is 5.38 Å². The largest absolute Gasteiger partial charge is 1.00 e. The minimum Gasteiger partial charge on any atom is -0.543 e. The maximum Gasteiger partial charge on any atom is 1.00 e. The molecule has 2 N–H and O–H groups in total. The summed E-state index contributed by atoms with van der Waals surface area (Å²) in [5.41, 5.74) is 4.88. The molecule has 0 unspecified atom stereocenters. The van der Waals surface area contributed by atoms with Gasteiger partial charge in [-0.25, -0.2) is 4.98 Å². The number of rotatable bonds is 4. The van der Waals surface area contributed by atoms with Crippen molar-refractivity contribution in [2.24, 2.45) is 5.16 Å². The second-order valence-electron chi connectivity index (χ2n) is 2.23. The number of thiazole rings is 1. The van der Waals surface area contributed by atoms with Crippen molar-refractivity contribution in [2.45, 2.75) is 0 Å². The van der Waals surface area contributed by atoms with Gasteiger partial charge in [-0.2, -0.15) is 5.26 Å². The maximum atomic E-state index is 10.6. The first-order valence-electron chi connectivity index (χ1n) is 3.64. The Hall–Kier alpha value is -1.14. The van der Waals surface area contributed by atoms with Gasteiger partial charge in [0.05, 0.1) is 5.97 Å². The van der Waals surface area contributed by atoms with Crippen molar-refractivity contribution in [3.05, 3.63) is 11.1 Å². The smallest absolute Gasteiger partial charge is 0.543 e. The fraction of sp³-hybridized carbons (Fsp3) is 0.143. The van der Waals surface area contributed by atoms with Crippen molar-refractivity contribution in [1.29, 1.82) is 5.26 Å². The number of aliphatic carboxylic acids is 1. The van der Waals surface area contributed by atoms with Gasteiger partial charge in [0, 0.05) is 5.38 Å². The number of nitrogens with zero attached hydrogens (tertiary/aromatic N) is 3. The number of carbonyl (C=O) groups is 1. The summed E-state index contributed by atoms with van der Waals surface area (Å²) >= 11 is 1.06. The topological polar surface area (TPSA) is 124 Å². The van der Waals surface area contributed by atoms with E-state index in [1.54, 1.807) is 6.07 Å². The predicted octanol–water partition coefficient (Wildman–Crippen LogP) is -4.28. The fourth-order valence-corrected chi connectivity index (χ4v) is 1.26. The number of nitriles is 1. The van der Waals surface area contributed by atoms with Gasteiger partial charge in [0.15, 0.2) is 10.8 Å². The summed E-state index contributed by atoms with van der Waals surface area (Å²) in [6, 6.07) is 1.63. The fourth-order valence-electron chi connectivity index (χ4n) is 0.711. The molecule has 0 spiro atoms. The Balaban J connectivity index is 0.00000225. The SMILES string of the molecule is N#CCO/N=C(/C(=O)[O-])c1csc(N)n1.[Na+]. The van der Waals surface area contributed by atoms with Gasteiger partial charge in [-0.15, -0.1) is 11.3 Å². The summed E-state index contributed by atoms with van der Waals surface area (Å²) in [4.78, 5) is 18.7. The number of hydrogen-bond acceptors (Lipinski definition) is 8. The van der Waals surface area contributed by atoms with Crippen LogP contribution in [0, 0.1) is 11.3 Å². The number of carboxylic acid groups (broad SMARTS) is 1. The molecule has 0 aromatic carbocycles. The maximum absolute atomic E-state index is 10.6. The number of hydrogen-bond donors (Lipinski definition) is 1. The average molecular weight is 248 g/mol. The molecule has 0 aliphatic heterocycles. The first-order valence-corrected chi connectivity index (χ1v) is 4.52. The number of oxime groups is 1. The van der Waals surface area contributed by atoms with Gasteiger partial charge in [-0.1, -0.05) is 5.16 Å². The molecular formula is C7H5N4NaO3S. The summed E-state index contributed by atoms with van der Waals surface area (Å²) in [6.07, 6.45) is 0. The van der Waals surface area contributed by atoms with E-state index in [1.807, 2.05) is 0 Å². The molecule has 1 heterocycles. The van der Waals surface area contributed by atoms with Crippen LogP contribution in [0.3, 0.4) is 0 Å². The molecule has 1 aromatic heterocycles. The van der Waals surface area contributed by atoms with Gasteiger partial charge in [-0.3, -0.25) is 0 Å². The van der Waals surface area contributed by atoms with E-state index in [9.17, 15) is 9.90 Å². The molecule has 1 aromatic rings. The molecule has 0 aliphatic carbocycles. The zero-order valence-electron chi connectivity index (χ0n) is 8.34. The van der Waals surface area contributed by atoms with Crippen molar-refractivity contribution in [1.82, 2.24) is 4.98 Å². The Morgan fingerprint density at radius 3 is 2.94 bits per heavy atom. The number of nitrogen functional groups attached to an aromatic ring is 1. The summed E-state index contributed by atoms with van der Waals surface area (Å²) < 4.78 is 0. The first kappa shape index (κ1) is 14.9. The molecule has 0 aliphatic rings. The molecule has 1 rings (SSSR count). The minimum atomic E-state index is -1.54. The van der Waals surface area contributed by atoms with Crippen LogP contribution in [0.4, 0.5) is 5.13 Å². The van der Waals surface area contributed by atoms with Gasteiger partial charge >= 0.3 is 29.6 Å². The van der Waals surface area contributed by atoms with Crippen LogP contribution in [0.15, 0.2) is 10.5 Å². The molecule has 0 atom stereocenters. The van der Waals surface area contributed by atoms with Gasteiger partial charge in [0.2, 0.25) is 6.61 Å². The molecule has 16 heavy (non-hydrogen) atoms. The van der Waals surface area contributed by atoms with Crippen LogP contribution < -0.4 is 40.4 Å². The number of carbonyl (C=O) groups excluding carboxylic acids is 1. The Morgan fingerprint density at radius 2 is 2.50 bits per heavy atom. The molecule has 0 bridgehead atoms. The molecule has 0 saturated carbocycles. The second kappa shape index (κ2) is 7.19.